The highest BCUT2D eigenvalue weighted by Gasteiger charge is 2.39. The van der Waals surface area contributed by atoms with Gasteiger partial charge in [-0.2, -0.15) is 18.4 Å². The highest BCUT2D eigenvalue weighted by molar-refractivity contribution is 5.34. The first-order valence-electron chi connectivity index (χ1n) is 5.96. The fraction of sp³-hybridized carbons (Fsp3) is 0.364. The molecule has 0 amide bonds. The third-order valence-corrected chi connectivity index (χ3v) is 3.05. The van der Waals surface area contributed by atoms with E-state index in [1.54, 1.807) is 4.90 Å². The normalized spacial score (nSPS) is 14.7. The van der Waals surface area contributed by atoms with Gasteiger partial charge in [-0.3, -0.25) is 0 Å². The lowest BCUT2D eigenvalue weighted by Gasteiger charge is -2.27. The zero-order valence-corrected chi connectivity index (χ0v) is 10.5. The largest absolute Gasteiger partial charge is 0.451 e. The zero-order valence-electron chi connectivity index (χ0n) is 10.5. The molecule has 0 radical (unpaired) electrons. The van der Waals surface area contributed by atoms with Gasteiger partial charge < -0.3 is 9.47 Å². The van der Waals surface area contributed by atoms with Crippen molar-refractivity contribution in [2.45, 2.75) is 19.3 Å². The number of aromatic nitrogens is 5. The fourth-order valence-corrected chi connectivity index (χ4v) is 2.10. The van der Waals surface area contributed by atoms with Gasteiger partial charge in [0.05, 0.1) is 6.54 Å². The van der Waals surface area contributed by atoms with Crippen molar-refractivity contribution in [3.05, 3.63) is 29.6 Å². The Morgan fingerprint density at radius 1 is 1.24 bits per heavy atom. The van der Waals surface area contributed by atoms with Crippen LogP contribution >= 0.6 is 0 Å². The van der Waals surface area contributed by atoms with Crippen LogP contribution in [0.5, 0.6) is 0 Å². The second-order valence-corrected chi connectivity index (χ2v) is 4.36. The van der Waals surface area contributed by atoms with Crippen molar-refractivity contribution in [2.24, 2.45) is 0 Å². The maximum Gasteiger partial charge on any atom is 0.451 e. The second-order valence-electron chi connectivity index (χ2n) is 4.36. The van der Waals surface area contributed by atoms with E-state index in [1.807, 2.05) is 6.07 Å². The Morgan fingerprint density at radius 3 is 2.76 bits per heavy atom. The molecule has 0 saturated heterocycles. The van der Waals surface area contributed by atoms with Crippen molar-refractivity contribution in [1.82, 2.24) is 24.7 Å². The molecule has 0 N–H and O–H groups in total. The summed E-state index contributed by atoms with van der Waals surface area (Å²) in [4.78, 5) is 9.70. The van der Waals surface area contributed by atoms with E-state index in [4.69, 9.17) is 5.26 Å². The first-order chi connectivity index (χ1) is 9.99. The lowest BCUT2D eigenvalue weighted by atomic mass is 10.3. The molecule has 2 aromatic heterocycles. The summed E-state index contributed by atoms with van der Waals surface area (Å²) in [6.07, 6.45) is -3.09. The molecule has 1 aliphatic heterocycles. The average molecular weight is 295 g/mol. The summed E-state index contributed by atoms with van der Waals surface area (Å²) in [5, 5.41) is 15.6. The number of halogens is 3. The molecule has 0 aromatic carbocycles. The highest BCUT2D eigenvalue weighted by Crippen LogP contribution is 2.29. The molecular formula is C11H8F3N7. The van der Waals surface area contributed by atoms with Gasteiger partial charge in [0.25, 0.3) is 0 Å². The van der Waals surface area contributed by atoms with Crippen LogP contribution in [-0.2, 0) is 19.3 Å². The summed E-state index contributed by atoms with van der Waals surface area (Å²) in [6.45, 7) is 0.471. The molecule has 0 fully saturated rings. The molecule has 3 rings (SSSR count). The van der Waals surface area contributed by atoms with Crippen molar-refractivity contribution in [3.8, 4) is 6.07 Å². The number of alkyl halides is 3. The molecule has 0 bridgehead atoms. The van der Waals surface area contributed by atoms with Crippen molar-refractivity contribution in [2.75, 3.05) is 11.4 Å². The molecule has 0 spiro atoms. The molecule has 7 nitrogen and oxygen atoms in total. The Bertz CT molecular complexity index is 715. The molecule has 1 aliphatic rings. The highest BCUT2D eigenvalue weighted by atomic mass is 19.4. The lowest BCUT2D eigenvalue weighted by molar-refractivity contribution is -0.147. The Morgan fingerprint density at radius 2 is 2.05 bits per heavy atom. The molecule has 3 heterocycles. The van der Waals surface area contributed by atoms with Crippen LogP contribution in [0.25, 0.3) is 0 Å². The lowest BCUT2D eigenvalue weighted by Crippen LogP contribution is -2.36. The van der Waals surface area contributed by atoms with E-state index in [0.29, 0.717) is 0 Å². The van der Waals surface area contributed by atoms with Crippen molar-refractivity contribution < 1.29 is 13.2 Å². The van der Waals surface area contributed by atoms with E-state index in [2.05, 4.69) is 20.2 Å². The summed E-state index contributed by atoms with van der Waals surface area (Å²) in [7, 11) is 0. The summed E-state index contributed by atoms with van der Waals surface area (Å²) in [5.74, 6) is -0.514. The van der Waals surface area contributed by atoms with E-state index >= 15 is 0 Å². The van der Waals surface area contributed by atoms with Crippen LogP contribution in [0.1, 0.15) is 17.3 Å². The summed E-state index contributed by atoms with van der Waals surface area (Å²) in [5.41, 5.74) is 0.197. The van der Waals surface area contributed by atoms with Crippen LogP contribution in [0.15, 0.2) is 12.3 Å². The maximum atomic E-state index is 12.7. The predicted molar refractivity (Wildman–Crippen MR) is 62.8 cm³/mol. The van der Waals surface area contributed by atoms with E-state index < -0.39 is 12.0 Å². The Kier molecular flexibility index (Phi) is 2.97. The zero-order chi connectivity index (χ0) is 15.0. The SMILES string of the molecule is N#Cc1ccnc(N2CCn3c(nnc3C(F)(F)F)C2)n1. The van der Waals surface area contributed by atoms with E-state index in [1.165, 1.54) is 12.3 Å². The minimum Gasteiger partial charge on any atom is -0.331 e. The molecule has 0 aliphatic carbocycles. The summed E-state index contributed by atoms with van der Waals surface area (Å²) >= 11 is 0. The number of hydrogen-bond donors (Lipinski definition) is 0. The minimum atomic E-state index is -4.52. The number of rotatable bonds is 1. The van der Waals surface area contributed by atoms with Gasteiger partial charge in [-0.1, -0.05) is 0 Å². The van der Waals surface area contributed by atoms with Crippen molar-refractivity contribution in [1.29, 1.82) is 5.26 Å². The number of nitriles is 1. The van der Waals surface area contributed by atoms with Crippen LogP contribution in [0, 0.1) is 11.3 Å². The number of nitrogens with zero attached hydrogens (tertiary/aromatic N) is 7. The number of hydrogen-bond acceptors (Lipinski definition) is 6. The van der Waals surface area contributed by atoms with Gasteiger partial charge in [0.2, 0.25) is 11.8 Å². The van der Waals surface area contributed by atoms with E-state index in [-0.39, 0.29) is 37.1 Å². The Balaban J connectivity index is 1.89. The standard InChI is InChI=1S/C11H8F3N7/c12-11(13,14)9-19-18-8-6-20(3-4-21(8)9)10-16-2-1-7(5-15)17-10/h1-2H,3-4,6H2. The third kappa shape index (κ3) is 2.37. The van der Waals surface area contributed by atoms with Gasteiger partial charge in [-0.25, -0.2) is 9.97 Å². The maximum absolute atomic E-state index is 12.7. The molecular weight excluding hydrogens is 287 g/mol. The molecule has 2 aromatic rings. The summed E-state index contributed by atoms with van der Waals surface area (Å²) < 4.78 is 39.2. The molecule has 108 valence electrons. The Labute approximate surface area is 116 Å². The predicted octanol–water partition coefficient (Wildman–Crippen LogP) is 0.979. The van der Waals surface area contributed by atoms with Gasteiger partial charge in [-0.15, -0.1) is 10.2 Å². The van der Waals surface area contributed by atoms with Crippen molar-refractivity contribution >= 4 is 5.95 Å². The van der Waals surface area contributed by atoms with Gasteiger partial charge in [0, 0.05) is 19.3 Å². The number of anilines is 1. The molecule has 21 heavy (non-hydrogen) atoms. The van der Waals surface area contributed by atoms with Gasteiger partial charge in [-0.05, 0) is 6.07 Å². The van der Waals surface area contributed by atoms with Crippen molar-refractivity contribution in [3.63, 3.8) is 0 Å². The molecule has 10 heteroatoms. The third-order valence-electron chi connectivity index (χ3n) is 3.05. The van der Waals surface area contributed by atoms with Crippen LogP contribution in [-0.4, -0.2) is 31.3 Å². The first kappa shape index (κ1) is 13.3. The van der Waals surface area contributed by atoms with Gasteiger partial charge in [0.1, 0.15) is 11.8 Å². The van der Waals surface area contributed by atoms with Crippen LogP contribution < -0.4 is 4.90 Å². The summed E-state index contributed by atoms with van der Waals surface area (Å²) in [6, 6.07) is 3.35. The molecule has 0 atom stereocenters. The minimum absolute atomic E-state index is 0.0807. The fourth-order valence-electron chi connectivity index (χ4n) is 2.10. The monoisotopic (exact) mass is 295 g/mol. The average Bonchev–Trinajstić information content (AvgIpc) is 2.90. The molecule has 0 unspecified atom stereocenters. The topological polar surface area (TPSA) is 83.5 Å². The van der Waals surface area contributed by atoms with Crippen LogP contribution in [0.4, 0.5) is 19.1 Å². The van der Waals surface area contributed by atoms with E-state index in [0.717, 1.165) is 4.57 Å². The van der Waals surface area contributed by atoms with E-state index in [9.17, 15) is 13.2 Å². The van der Waals surface area contributed by atoms with Crippen LogP contribution in [0.3, 0.4) is 0 Å². The second kappa shape index (κ2) is 4.69. The number of fused-ring (bicyclic) bond motifs is 1. The molecule has 0 saturated carbocycles. The van der Waals surface area contributed by atoms with Gasteiger partial charge in [0.15, 0.2) is 5.82 Å². The first-order valence-corrected chi connectivity index (χ1v) is 5.96. The van der Waals surface area contributed by atoms with Crippen LogP contribution in [0.2, 0.25) is 0 Å². The smallest absolute Gasteiger partial charge is 0.331 e. The van der Waals surface area contributed by atoms with Gasteiger partial charge >= 0.3 is 6.18 Å². The quantitative estimate of drug-likeness (QED) is 0.779. The Hall–Kier alpha value is -2.70.